The van der Waals surface area contributed by atoms with Crippen LogP contribution in [0, 0.1) is 0 Å². The van der Waals surface area contributed by atoms with E-state index in [0.29, 0.717) is 12.3 Å². The predicted octanol–water partition coefficient (Wildman–Crippen LogP) is 0.731. The highest BCUT2D eigenvalue weighted by Crippen LogP contribution is 2.26. The van der Waals surface area contributed by atoms with Gasteiger partial charge in [-0.15, -0.1) is 10.2 Å². The van der Waals surface area contributed by atoms with E-state index in [0.717, 1.165) is 70.1 Å². The topological polar surface area (TPSA) is 65.8 Å². The first-order chi connectivity index (χ1) is 12.3. The molecule has 2 aliphatic heterocycles. The Kier molecular flexibility index (Phi) is 4.94. The van der Waals surface area contributed by atoms with Crippen LogP contribution in [0.2, 0.25) is 0 Å². The summed E-state index contributed by atoms with van der Waals surface area (Å²) in [5.41, 5.74) is 0.906. The molecule has 25 heavy (non-hydrogen) atoms. The number of nitrogens with one attached hydrogen (secondary N) is 1. The normalized spacial score (nSPS) is 22.4. The lowest BCUT2D eigenvalue weighted by molar-refractivity contribution is -0.132. The summed E-state index contributed by atoms with van der Waals surface area (Å²) >= 11 is 0. The SMILES string of the molecule is O=C(CCN1CCCC(c2nnc3ccccn23)C1)N1CCNCC1. The van der Waals surface area contributed by atoms with Gasteiger partial charge in [0.2, 0.25) is 5.91 Å². The van der Waals surface area contributed by atoms with Gasteiger partial charge in [-0.2, -0.15) is 0 Å². The Balaban J connectivity index is 1.35. The van der Waals surface area contributed by atoms with Crippen molar-refractivity contribution in [2.75, 3.05) is 45.8 Å². The molecule has 4 heterocycles. The number of hydrogen-bond acceptors (Lipinski definition) is 5. The minimum Gasteiger partial charge on any atom is -0.340 e. The van der Waals surface area contributed by atoms with Crippen molar-refractivity contribution in [1.29, 1.82) is 0 Å². The summed E-state index contributed by atoms with van der Waals surface area (Å²) in [5, 5.41) is 12.0. The van der Waals surface area contributed by atoms with Gasteiger partial charge in [-0.1, -0.05) is 6.07 Å². The molecule has 0 radical (unpaired) electrons. The quantitative estimate of drug-likeness (QED) is 0.887. The van der Waals surface area contributed by atoms with E-state index in [9.17, 15) is 4.79 Å². The predicted molar refractivity (Wildman–Crippen MR) is 95.5 cm³/mol. The molecule has 7 nitrogen and oxygen atoms in total. The lowest BCUT2D eigenvalue weighted by Crippen LogP contribution is -2.47. The Labute approximate surface area is 148 Å². The monoisotopic (exact) mass is 342 g/mol. The molecule has 0 aliphatic carbocycles. The first-order valence-electron chi connectivity index (χ1n) is 9.32. The summed E-state index contributed by atoms with van der Waals surface area (Å²) in [5.74, 6) is 1.73. The zero-order valence-corrected chi connectivity index (χ0v) is 14.6. The Morgan fingerprint density at radius 2 is 2.08 bits per heavy atom. The summed E-state index contributed by atoms with van der Waals surface area (Å²) in [6, 6.07) is 6.00. The highest BCUT2D eigenvalue weighted by atomic mass is 16.2. The van der Waals surface area contributed by atoms with Crippen LogP contribution in [0.3, 0.4) is 0 Å². The van der Waals surface area contributed by atoms with Crippen molar-refractivity contribution in [2.45, 2.75) is 25.2 Å². The van der Waals surface area contributed by atoms with Crippen LogP contribution in [0.25, 0.3) is 5.65 Å². The van der Waals surface area contributed by atoms with Gasteiger partial charge in [0.1, 0.15) is 5.82 Å². The molecule has 2 fully saturated rings. The van der Waals surface area contributed by atoms with E-state index in [-0.39, 0.29) is 5.91 Å². The summed E-state index contributed by atoms with van der Waals surface area (Å²) in [4.78, 5) is 16.8. The van der Waals surface area contributed by atoms with E-state index >= 15 is 0 Å². The number of nitrogens with zero attached hydrogens (tertiary/aromatic N) is 5. The summed E-state index contributed by atoms with van der Waals surface area (Å²) in [7, 11) is 0. The average Bonchev–Trinajstić information content (AvgIpc) is 3.11. The third-order valence-corrected chi connectivity index (χ3v) is 5.32. The van der Waals surface area contributed by atoms with Crippen molar-refractivity contribution in [3.8, 4) is 0 Å². The number of piperazine rings is 1. The van der Waals surface area contributed by atoms with E-state index in [1.54, 1.807) is 0 Å². The molecule has 1 unspecified atom stereocenters. The molecule has 4 rings (SSSR count). The van der Waals surface area contributed by atoms with Gasteiger partial charge in [-0.25, -0.2) is 0 Å². The van der Waals surface area contributed by atoms with Crippen LogP contribution < -0.4 is 5.32 Å². The first kappa shape index (κ1) is 16.5. The number of pyridine rings is 1. The maximum atomic E-state index is 12.4. The molecule has 1 N–H and O–H groups in total. The minimum absolute atomic E-state index is 0.288. The Morgan fingerprint density at radius 3 is 2.96 bits per heavy atom. The van der Waals surface area contributed by atoms with Gasteiger partial charge in [0, 0.05) is 57.8 Å². The Morgan fingerprint density at radius 1 is 1.20 bits per heavy atom. The molecule has 0 saturated carbocycles. The molecular weight excluding hydrogens is 316 g/mol. The molecule has 134 valence electrons. The van der Waals surface area contributed by atoms with Crippen LogP contribution in [-0.2, 0) is 4.79 Å². The fourth-order valence-corrected chi connectivity index (χ4v) is 3.93. The molecule has 0 bridgehead atoms. The lowest BCUT2D eigenvalue weighted by atomic mass is 9.97. The number of fused-ring (bicyclic) bond motifs is 1. The molecule has 2 aromatic heterocycles. The standard InChI is InChI=1S/C18H26N6O/c25-17(23-12-7-19-8-13-23)6-11-22-9-3-4-15(14-22)18-21-20-16-5-1-2-10-24(16)18/h1-2,5,10,15,19H,3-4,6-9,11-14H2. The largest absolute Gasteiger partial charge is 0.340 e. The maximum Gasteiger partial charge on any atom is 0.223 e. The van der Waals surface area contributed by atoms with Crippen molar-refractivity contribution < 1.29 is 4.79 Å². The highest BCUT2D eigenvalue weighted by Gasteiger charge is 2.26. The molecule has 7 heteroatoms. The van der Waals surface area contributed by atoms with E-state index in [2.05, 4.69) is 24.8 Å². The lowest BCUT2D eigenvalue weighted by Gasteiger charge is -2.33. The van der Waals surface area contributed by atoms with Crippen LogP contribution in [0.1, 0.15) is 31.0 Å². The molecular formula is C18H26N6O. The number of carbonyl (C=O) groups is 1. The van der Waals surface area contributed by atoms with Crippen molar-refractivity contribution in [3.63, 3.8) is 0 Å². The van der Waals surface area contributed by atoms with Crippen molar-refractivity contribution in [3.05, 3.63) is 30.2 Å². The highest BCUT2D eigenvalue weighted by molar-refractivity contribution is 5.76. The van der Waals surface area contributed by atoms with Crippen LogP contribution in [-0.4, -0.2) is 76.1 Å². The van der Waals surface area contributed by atoms with E-state index < -0.39 is 0 Å². The van der Waals surface area contributed by atoms with Crippen molar-refractivity contribution in [1.82, 2.24) is 29.7 Å². The van der Waals surface area contributed by atoms with Gasteiger partial charge in [-0.3, -0.25) is 9.20 Å². The van der Waals surface area contributed by atoms with Crippen LogP contribution in [0.4, 0.5) is 0 Å². The number of aromatic nitrogens is 3. The van der Waals surface area contributed by atoms with Gasteiger partial charge in [0.25, 0.3) is 0 Å². The second-order valence-electron chi connectivity index (χ2n) is 7.01. The smallest absolute Gasteiger partial charge is 0.223 e. The van der Waals surface area contributed by atoms with Crippen LogP contribution in [0.5, 0.6) is 0 Å². The van der Waals surface area contributed by atoms with E-state index in [1.165, 1.54) is 0 Å². The molecule has 0 aromatic carbocycles. The Bertz CT molecular complexity index is 723. The third-order valence-electron chi connectivity index (χ3n) is 5.32. The Hall–Kier alpha value is -1.99. The van der Waals surface area contributed by atoms with Gasteiger partial charge in [0.15, 0.2) is 5.65 Å². The zero-order valence-electron chi connectivity index (χ0n) is 14.6. The molecule has 1 atom stereocenters. The second kappa shape index (κ2) is 7.49. The molecule has 2 saturated heterocycles. The first-order valence-corrected chi connectivity index (χ1v) is 9.32. The van der Waals surface area contributed by atoms with Gasteiger partial charge in [0.05, 0.1) is 0 Å². The third kappa shape index (κ3) is 3.67. The summed E-state index contributed by atoms with van der Waals surface area (Å²) in [6.45, 7) is 6.39. The van der Waals surface area contributed by atoms with Crippen LogP contribution >= 0.6 is 0 Å². The maximum absolute atomic E-state index is 12.4. The molecule has 1 amide bonds. The number of hydrogen-bond donors (Lipinski definition) is 1. The van der Waals surface area contributed by atoms with E-state index in [4.69, 9.17) is 0 Å². The number of piperidine rings is 1. The summed E-state index contributed by atoms with van der Waals surface area (Å²) in [6.07, 6.45) is 4.94. The van der Waals surface area contributed by atoms with Crippen molar-refractivity contribution >= 4 is 11.6 Å². The fourth-order valence-electron chi connectivity index (χ4n) is 3.93. The number of carbonyl (C=O) groups excluding carboxylic acids is 1. The number of rotatable bonds is 4. The van der Waals surface area contributed by atoms with Gasteiger partial charge >= 0.3 is 0 Å². The number of likely N-dealkylation sites (tertiary alicyclic amines) is 1. The van der Waals surface area contributed by atoms with E-state index in [1.807, 2.05) is 29.3 Å². The van der Waals surface area contributed by atoms with Crippen molar-refractivity contribution in [2.24, 2.45) is 0 Å². The average molecular weight is 342 g/mol. The molecule has 2 aliphatic rings. The summed E-state index contributed by atoms with van der Waals surface area (Å²) < 4.78 is 2.10. The molecule has 0 spiro atoms. The van der Waals surface area contributed by atoms with Gasteiger partial charge < -0.3 is 15.1 Å². The minimum atomic E-state index is 0.288. The fraction of sp³-hybridized carbons (Fsp3) is 0.611. The second-order valence-corrected chi connectivity index (χ2v) is 7.01. The molecule has 2 aromatic rings. The van der Waals surface area contributed by atoms with Gasteiger partial charge in [-0.05, 0) is 31.5 Å². The number of amides is 1. The zero-order chi connectivity index (χ0) is 17.1. The van der Waals surface area contributed by atoms with Crippen LogP contribution in [0.15, 0.2) is 24.4 Å².